The number of carboxylic acid groups (broad SMARTS) is 1. The molecule has 1 aromatic rings. The lowest BCUT2D eigenvalue weighted by atomic mass is 10.1. The summed E-state index contributed by atoms with van der Waals surface area (Å²) in [5.74, 6) is -0.504. The number of hydrogen-bond donors (Lipinski definition) is 2. The van der Waals surface area contributed by atoms with Crippen molar-refractivity contribution in [1.82, 2.24) is 0 Å². The minimum atomic E-state index is -1.15. The lowest BCUT2D eigenvalue weighted by Gasteiger charge is -2.14. The van der Waals surface area contributed by atoms with Crippen LogP contribution in [0.3, 0.4) is 0 Å². The standard InChI is InChI=1S/C14H19NO5S/c1-8(2)21-7-13(16)15-10-6-12(20-4)11(19-3)5-9(10)14(17)18/h5-6,8H,7H2,1-4H3,(H,15,16)(H,17,18). The van der Waals surface area contributed by atoms with E-state index in [0.29, 0.717) is 16.7 Å². The summed E-state index contributed by atoms with van der Waals surface area (Å²) in [4.78, 5) is 23.1. The lowest BCUT2D eigenvalue weighted by Crippen LogP contribution is -2.17. The molecule has 0 aliphatic rings. The Morgan fingerprint density at radius 2 is 1.81 bits per heavy atom. The van der Waals surface area contributed by atoms with Crippen LogP contribution in [-0.4, -0.2) is 42.2 Å². The molecule has 0 aromatic heterocycles. The monoisotopic (exact) mass is 313 g/mol. The van der Waals surface area contributed by atoms with Gasteiger partial charge in [-0.3, -0.25) is 4.79 Å². The van der Waals surface area contributed by atoms with E-state index in [2.05, 4.69) is 5.32 Å². The summed E-state index contributed by atoms with van der Waals surface area (Å²) < 4.78 is 10.2. The number of thioether (sulfide) groups is 1. The Morgan fingerprint density at radius 3 is 2.29 bits per heavy atom. The van der Waals surface area contributed by atoms with E-state index in [0.717, 1.165) is 0 Å². The zero-order valence-electron chi connectivity index (χ0n) is 12.4. The first kappa shape index (κ1) is 17.2. The maximum atomic E-state index is 11.8. The molecule has 0 aliphatic heterocycles. The number of amides is 1. The van der Waals surface area contributed by atoms with Gasteiger partial charge in [-0.25, -0.2) is 4.79 Å². The number of aromatic carboxylic acids is 1. The van der Waals surface area contributed by atoms with Crippen LogP contribution in [0.1, 0.15) is 24.2 Å². The van der Waals surface area contributed by atoms with Gasteiger partial charge in [0.1, 0.15) is 0 Å². The van der Waals surface area contributed by atoms with Gasteiger partial charge in [0.25, 0.3) is 0 Å². The highest BCUT2D eigenvalue weighted by atomic mass is 32.2. The molecule has 1 amide bonds. The molecule has 6 nitrogen and oxygen atoms in total. The van der Waals surface area contributed by atoms with Crippen molar-refractivity contribution in [3.05, 3.63) is 17.7 Å². The van der Waals surface area contributed by atoms with Crippen molar-refractivity contribution >= 4 is 29.3 Å². The Morgan fingerprint density at radius 1 is 1.24 bits per heavy atom. The fraction of sp³-hybridized carbons (Fsp3) is 0.429. The zero-order chi connectivity index (χ0) is 16.0. The number of anilines is 1. The minimum absolute atomic E-state index is 0.0458. The molecule has 116 valence electrons. The van der Waals surface area contributed by atoms with Crippen LogP contribution in [0.15, 0.2) is 12.1 Å². The van der Waals surface area contributed by atoms with E-state index in [-0.39, 0.29) is 22.9 Å². The van der Waals surface area contributed by atoms with E-state index in [1.807, 2.05) is 13.8 Å². The van der Waals surface area contributed by atoms with Gasteiger partial charge in [0.15, 0.2) is 11.5 Å². The smallest absolute Gasteiger partial charge is 0.337 e. The van der Waals surface area contributed by atoms with Crippen LogP contribution in [0.2, 0.25) is 0 Å². The quantitative estimate of drug-likeness (QED) is 0.804. The van der Waals surface area contributed by atoms with E-state index < -0.39 is 5.97 Å². The maximum Gasteiger partial charge on any atom is 0.337 e. The van der Waals surface area contributed by atoms with Crippen LogP contribution in [0.5, 0.6) is 11.5 Å². The van der Waals surface area contributed by atoms with Gasteiger partial charge in [0.2, 0.25) is 5.91 Å². The molecular weight excluding hydrogens is 294 g/mol. The highest BCUT2D eigenvalue weighted by molar-refractivity contribution is 8.00. The SMILES string of the molecule is COc1cc(NC(=O)CSC(C)C)c(C(=O)O)cc1OC. The predicted octanol–water partition coefficient (Wildman–Crippen LogP) is 2.48. The Kier molecular flexibility index (Phi) is 6.36. The molecule has 0 fully saturated rings. The van der Waals surface area contributed by atoms with Crippen LogP contribution in [0, 0.1) is 0 Å². The molecule has 0 saturated heterocycles. The molecule has 0 spiro atoms. The molecule has 0 unspecified atom stereocenters. The second-order valence-corrected chi connectivity index (χ2v) is 6.03. The second-order valence-electron chi connectivity index (χ2n) is 4.47. The van der Waals surface area contributed by atoms with Crippen LogP contribution >= 0.6 is 11.8 Å². The van der Waals surface area contributed by atoms with Crippen molar-refractivity contribution in [1.29, 1.82) is 0 Å². The number of carbonyl (C=O) groups is 2. The van der Waals surface area contributed by atoms with Gasteiger partial charge < -0.3 is 19.9 Å². The van der Waals surface area contributed by atoms with Gasteiger partial charge in [-0.1, -0.05) is 13.8 Å². The first-order valence-corrected chi connectivity index (χ1v) is 7.34. The molecule has 0 heterocycles. The molecule has 2 N–H and O–H groups in total. The predicted molar refractivity (Wildman–Crippen MR) is 82.7 cm³/mol. The zero-order valence-corrected chi connectivity index (χ0v) is 13.2. The summed E-state index contributed by atoms with van der Waals surface area (Å²) in [7, 11) is 2.86. The summed E-state index contributed by atoms with van der Waals surface area (Å²) in [6, 6.07) is 2.77. The number of rotatable bonds is 7. The molecular formula is C14H19NO5S. The molecule has 0 aliphatic carbocycles. The third kappa shape index (κ3) is 4.86. The molecule has 1 aromatic carbocycles. The average Bonchev–Trinajstić information content (AvgIpc) is 2.44. The van der Waals surface area contributed by atoms with Gasteiger partial charge in [-0.05, 0) is 5.25 Å². The van der Waals surface area contributed by atoms with Crippen molar-refractivity contribution in [2.24, 2.45) is 0 Å². The van der Waals surface area contributed by atoms with Crippen LogP contribution < -0.4 is 14.8 Å². The third-order valence-corrected chi connectivity index (χ3v) is 3.67. The molecule has 0 radical (unpaired) electrons. The summed E-state index contributed by atoms with van der Waals surface area (Å²) in [5.41, 5.74) is 0.144. The number of ether oxygens (including phenoxy) is 2. The second kappa shape index (κ2) is 7.78. The number of benzene rings is 1. The summed E-state index contributed by atoms with van der Waals surface area (Å²) in [5, 5.41) is 12.1. The fourth-order valence-electron chi connectivity index (χ4n) is 1.59. The van der Waals surface area contributed by atoms with E-state index in [9.17, 15) is 14.7 Å². The van der Waals surface area contributed by atoms with Crippen molar-refractivity contribution < 1.29 is 24.2 Å². The summed E-state index contributed by atoms with van der Waals surface area (Å²) in [6.07, 6.45) is 0. The summed E-state index contributed by atoms with van der Waals surface area (Å²) in [6.45, 7) is 3.97. The van der Waals surface area contributed by atoms with Gasteiger partial charge in [0.05, 0.1) is 31.2 Å². The van der Waals surface area contributed by atoms with E-state index >= 15 is 0 Å². The minimum Gasteiger partial charge on any atom is -0.493 e. The normalized spacial score (nSPS) is 10.3. The van der Waals surface area contributed by atoms with Crippen molar-refractivity contribution in [2.45, 2.75) is 19.1 Å². The van der Waals surface area contributed by atoms with Crippen LogP contribution in [0.25, 0.3) is 0 Å². The first-order valence-electron chi connectivity index (χ1n) is 6.29. The summed E-state index contributed by atoms with van der Waals surface area (Å²) >= 11 is 1.48. The van der Waals surface area contributed by atoms with E-state index in [1.54, 1.807) is 0 Å². The van der Waals surface area contributed by atoms with Gasteiger partial charge in [-0.2, -0.15) is 0 Å². The average molecular weight is 313 g/mol. The van der Waals surface area contributed by atoms with Crippen molar-refractivity contribution in [3.8, 4) is 11.5 Å². The maximum absolute atomic E-state index is 11.8. The van der Waals surface area contributed by atoms with Crippen molar-refractivity contribution in [2.75, 3.05) is 25.3 Å². The highest BCUT2D eigenvalue weighted by Gasteiger charge is 2.18. The van der Waals surface area contributed by atoms with Gasteiger partial charge in [-0.15, -0.1) is 11.8 Å². The number of hydrogen-bond acceptors (Lipinski definition) is 5. The Labute approximate surface area is 127 Å². The number of methoxy groups -OCH3 is 2. The highest BCUT2D eigenvalue weighted by Crippen LogP contribution is 2.33. The molecule has 7 heteroatoms. The van der Waals surface area contributed by atoms with E-state index in [1.165, 1.54) is 38.1 Å². The Bertz CT molecular complexity index is 530. The molecule has 0 atom stereocenters. The van der Waals surface area contributed by atoms with Crippen LogP contribution in [0.4, 0.5) is 5.69 Å². The van der Waals surface area contributed by atoms with E-state index in [4.69, 9.17) is 9.47 Å². The third-order valence-electron chi connectivity index (χ3n) is 2.58. The largest absolute Gasteiger partial charge is 0.493 e. The molecule has 0 bridgehead atoms. The number of carbonyl (C=O) groups excluding carboxylic acids is 1. The lowest BCUT2D eigenvalue weighted by molar-refractivity contribution is -0.113. The number of carboxylic acids is 1. The van der Waals surface area contributed by atoms with Gasteiger partial charge >= 0.3 is 5.97 Å². The Hall–Kier alpha value is -1.89. The Balaban J connectivity index is 3.04. The van der Waals surface area contributed by atoms with Crippen molar-refractivity contribution in [3.63, 3.8) is 0 Å². The molecule has 21 heavy (non-hydrogen) atoms. The molecule has 1 rings (SSSR count). The van der Waals surface area contributed by atoms with Crippen LogP contribution in [-0.2, 0) is 4.79 Å². The topological polar surface area (TPSA) is 84.9 Å². The molecule has 0 saturated carbocycles. The fourth-order valence-corrected chi connectivity index (χ4v) is 2.14. The number of nitrogens with one attached hydrogen (secondary N) is 1. The first-order chi connectivity index (χ1) is 9.88. The van der Waals surface area contributed by atoms with Gasteiger partial charge in [0, 0.05) is 12.1 Å².